The van der Waals surface area contributed by atoms with Crippen molar-refractivity contribution >= 4 is 23.5 Å². The lowest BCUT2D eigenvalue weighted by molar-refractivity contribution is -0.139. The molecule has 1 aromatic heterocycles. The molecule has 7 nitrogen and oxygen atoms in total. The number of ether oxygens (including phenoxy) is 1. The molecule has 1 saturated heterocycles. The molecule has 25 heavy (non-hydrogen) atoms. The lowest BCUT2D eigenvalue weighted by Crippen LogP contribution is -2.49. The zero-order valence-electron chi connectivity index (χ0n) is 13.7. The average Bonchev–Trinajstić information content (AvgIpc) is 2.96. The van der Waals surface area contributed by atoms with Crippen molar-refractivity contribution in [1.82, 2.24) is 14.7 Å². The summed E-state index contributed by atoms with van der Waals surface area (Å²) in [6, 6.07) is 8.42. The van der Waals surface area contributed by atoms with E-state index < -0.39 is 12.0 Å². The summed E-state index contributed by atoms with van der Waals surface area (Å²) in [6.45, 7) is 2.77. The number of carbonyl (C=O) groups is 2. The van der Waals surface area contributed by atoms with E-state index in [4.69, 9.17) is 21.4 Å². The molecule has 1 aliphatic heterocycles. The van der Waals surface area contributed by atoms with Gasteiger partial charge >= 0.3 is 5.97 Å². The number of aryl methyl sites for hydroxylation is 1. The smallest absolute Gasteiger partial charge is 0.305 e. The molecule has 132 valence electrons. The van der Waals surface area contributed by atoms with Crippen molar-refractivity contribution in [2.45, 2.75) is 19.4 Å². The van der Waals surface area contributed by atoms with E-state index in [1.165, 1.54) is 4.90 Å². The second kappa shape index (κ2) is 7.25. The van der Waals surface area contributed by atoms with Gasteiger partial charge in [-0.05, 0) is 25.1 Å². The van der Waals surface area contributed by atoms with Gasteiger partial charge in [0.25, 0.3) is 5.91 Å². The molecular weight excluding hydrogens is 346 g/mol. The van der Waals surface area contributed by atoms with Crippen LogP contribution in [-0.4, -0.2) is 57.5 Å². The minimum Gasteiger partial charge on any atom is -0.481 e. The first kappa shape index (κ1) is 17.4. The van der Waals surface area contributed by atoms with E-state index in [-0.39, 0.29) is 24.6 Å². The number of halogens is 1. The van der Waals surface area contributed by atoms with Crippen LogP contribution in [0.15, 0.2) is 30.3 Å². The van der Waals surface area contributed by atoms with Crippen molar-refractivity contribution in [2.24, 2.45) is 0 Å². The summed E-state index contributed by atoms with van der Waals surface area (Å²) in [5.41, 5.74) is 1.71. The quantitative estimate of drug-likeness (QED) is 0.899. The zero-order valence-corrected chi connectivity index (χ0v) is 14.4. The summed E-state index contributed by atoms with van der Waals surface area (Å²) in [6.07, 6.45) is -0.157. The van der Waals surface area contributed by atoms with E-state index in [1.54, 1.807) is 16.8 Å². The first-order valence-electron chi connectivity index (χ1n) is 7.89. The van der Waals surface area contributed by atoms with Gasteiger partial charge in [-0.3, -0.25) is 9.59 Å². The predicted octanol–water partition coefficient (Wildman–Crippen LogP) is 2.15. The summed E-state index contributed by atoms with van der Waals surface area (Å²) in [5.74, 6) is -1.27. The molecule has 8 heteroatoms. The normalized spacial score (nSPS) is 17.5. The fourth-order valence-electron chi connectivity index (χ4n) is 2.89. The number of rotatable bonds is 4. The number of benzene rings is 1. The lowest BCUT2D eigenvalue weighted by Gasteiger charge is -2.34. The third-order valence-corrected chi connectivity index (χ3v) is 4.41. The molecule has 1 unspecified atom stereocenters. The van der Waals surface area contributed by atoms with Crippen LogP contribution in [0.1, 0.15) is 22.6 Å². The second-order valence-electron chi connectivity index (χ2n) is 5.86. The third-order valence-electron chi connectivity index (χ3n) is 4.09. The number of amides is 1. The van der Waals surface area contributed by atoms with Gasteiger partial charge in [-0.1, -0.05) is 23.7 Å². The Hall–Kier alpha value is -2.38. The van der Waals surface area contributed by atoms with Crippen LogP contribution in [0, 0.1) is 6.92 Å². The second-order valence-corrected chi connectivity index (χ2v) is 6.27. The molecule has 3 rings (SSSR count). The van der Waals surface area contributed by atoms with Crippen LogP contribution in [-0.2, 0) is 9.53 Å². The molecule has 0 spiro atoms. The highest BCUT2D eigenvalue weighted by Crippen LogP contribution is 2.22. The Kier molecular flexibility index (Phi) is 5.06. The summed E-state index contributed by atoms with van der Waals surface area (Å²) in [5, 5.41) is 13.9. The van der Waals surface area contributed by atoms with Gasteiger partial charge in [0, 0.05) is 12.2 Å². The molecule has 1 aliphatic rings. The molecule has 0 bridgehead atoms. The third kappa shape index (κ3) is 3.67. The molecule has 1 amide bonds. The number of carboxylic acid groups (broad SMARTS) is 1. The van der Waals surface area contributed by atoms with Gasteiger partial charge in [-0.2, -0.15) is 5.10 Å². The molecule has 1 N–H and O–H groups in total. The highest BCUT2D eigenvalue weighted by Gasteiger charge is 2.31. The van der Waals surface area contributed by atoms with Crippen LogP contribution in [0.25, 0.3) is 5.69 Å². The topological polar surface area (TPSA) is 84.7 Å². The lowest BCUT2D eigenvalue weighted by atomic mass is 10.1. The Labute approximate surface area is 149 Å². The van der Waals surface area contributed by atoms with Crippen molar-refractivity contribution in [3.63, 3.8) is 0 Å². The first-order valence-corrected chi connectivity index (χ1v) is 8.27. The number of hydrogen-bond acceptors (Lipinski definition) is 4. The minimum absolute atomic E-state index is 0.157. The Balaban J connectivity index is 1.89. The van der Waals surface area contributed by atoms with Crippen molar-refractivity contribution in [3.8, 4) is 5.69 Å². The maximum Gasteiger partial charge on any atom is 0.305 e. The molecule has 2 heterocycles. The molecule has 0 radical (unpaired) electrons. The number of aromatic nitrogens is 2. The monoisotopic (exact) mass is 363 g/mol. The first-order chi connectivity index (χ1) is 12.0. The Morgan fingerprint density at radius 2 is 2.16 bits per heavy atom. The molecule has 0 aliphatic carbocycles. The number of morpholine rings is 1. The van der Waals surface area contributed by atoms with Crippen molar-refractivity contribution in [3.05, 3.63) is 46.7 Å². The zero-order chi connectivity index (χ0) is 18.0. The Bertz CT molecular complexity index is 805. The number of carboxylic acids is 1. The standard InChI is InChI=1S/C17H18ClN3O4/c1-11-8-14(19-21(11)15-5-3-2-4-13(15)18)17(24)20-6-7-25-10-12(20)9-16(22)23/h2-5,8,12H,6-7,9-10H2,1H3,(H,22,23). The number of carbonyl (C=O) groups excluding carboxylic acids is 1. The molecule has 0 saturated carbocycles. The van der Waals surface area contributed by atoms with Gasteiger partial charge in [0.1, 0.15) is 0 Å². The Morgan fingerprint density at radius 1 is 1.40 bits per heavy atom. The highest BCUT2D eigenvalue weighted by atomic mass is 35.5. The highest BCUT2D eigenvalue weighted by molar-refractivity contribution is 6.32. The van der Waals surface area contributed by atoms with Gasteiger partial charge in [0.2, 0.25) is 0 Å². The average molecular weight is 364 g/mol. The van der Waals surface area contributed by atoms with E-state index >= 15 is 0 Å². The molecule has 1 atom stereocenters. The summed E-state index contributed by atoms with van der Waals surface area (Å²) >= 11 is 6.21. The molecule has 1 aromatic carbocycles. The fraction of sp³-hybridized carbons (Fsp3) is 0.353. The van der Waals surface area contributed by atoms with E-state index in [0.717, 1.165) is 5.69 Å². The van der Waals surface area contributed by atoms with Crippen LogP contribution in [0.2, 0.25) is 5.02 Å². The largest absolute Gasteiger partial charge is 0.481 e. The predicted molar refractivity (Wildman–Crippen MR) is 91.2 cm³/mol. The van der Waals surface area contributed by atoms with Crippen LogP contribution in [0.3, 0.4) is 0 Å². The van der Waals surface area contributed by atoms with E-state index in [2.05, 4.69) is 5.10 Å². The summed E-state index contributed by atoms with van der Waals surface area (Å²) in [4.78, 5) is 25.4. The number of nitrogens with zero attached hydrogens (tertiary/aromatic N) is 3. The van der Waals surface area contributed by atoms with Crippen molar-refractivity contribution < 1.29 is 19.4 Å². The summed E-state index contributed by atoms with van der Waals surface area (Å²) in [7, 11) is 0. The van der Waals surface area contributed by atoms with E-state index in [9.17, 15) is 9.59 Å². The number of hydrogen-bond donors (Lipinski definition) is 1. The summed E-state index contributed by atoms with van der Waals surface area (Å²) < 4.78 is 6.93. The van der Waals surface area contributed by atoms with Crippen LogP contribution in [0.4, 0.5) is 0 Å². The SMILES string of the molecule is Cc1cc(C(=O)N2CCOCC2CC(=O)O)nn1-c1ccccc1Cl. The molecule has 1 fully saturated rings. The van der Waals surface area contributed by atoms with Gasteiger partial charge in [0.15, 0.2) is 5.69 Å². The van der Waals surface area contributed by atoms with Crippen molar-refractivity contribution in [2.75, 3.05) is 19.8 Å². The van der Waals surface area contributed by atoms with E-state index in [1.807, 2.05) is 25.1 Å². The molecule has 2 aromatic rings. The number of aliphatic carboxylic acids is 1. The van der Waals surface area contributed by atoms with Gasteiger partial charge in [-0.15, -0.1) is 0 Å². The number of para-hydroxylation sites is 1. The van der Waals surface area contributed by atoms with Crippen molar-refractivity contribution in [1.29, 1.82) is 0 Å². The van der Waals surface area contributed by atoms with Gasteiger partial charge in [-0.25, -0.2) is 4.68 Å². The van der Waals surface area contributed by atoms with Crippen LogP contribution < -0.4 is 0 Å². The van der Waals surface area contributed by atoms with Gasteiger partial charge < -0.3 is 14.7 Å². The minimum atomic E-state index is -0.967. The Morgan fingerprint density at radius 3 is 2.88 bits per heavy atom. The maximum absolute atomic E-state index is 12.8. The maximum atomic E-state index is 12.8. The van der Waals surface area contributed by atoms with Crippen LogP contribution in [0.5, 0.6) is 0 Å². The fourth-order valence-corrected chi connectivity index (χ4v) is 3.10. The van der Waals surface area contributed by atoms with Crippen LogP contribution >= 0.6 is 11.6 Å². The van der Waals surface area contributed by atoms with Gasteiger partial charge in [0.05, 0.1) is 36.4 Å². The molecular formula is C17H18ClN3O4. The van der Waals surface area contributed by atoms with E-state index in [0.29, 0.717) is 23.9 Å².